The largest absolute Gasteiger partial charge is 0.756 e. The Morgan fingerprint density at radius 2 is 0.771 bits per heavy atom. The maximum absolute atomic E-state index is 13.6. The lowest BCUT2D eigenvalue weighted by Crippen LogP contribution is -2.47. The Labute approximate surface area is 514 Å². The SMILES string of the molecule is CC/C=C\C/C=C\C/C=C\C/C=C\C/C=C\CCCCCCCCCC(=O)OC(/C=C/CCCCCCCCCCC)C(COP(=O)([O-])OCC[N+](C)(C)C)NC(=O)CCCCCCCCCCCCCCC/C=C/CCCCCCCC. The minimum atomic E-state index is -4.71. The van der Waals surface area contributed by atoms with E-state index in [2.05, 4.69) is 99.0 Å². The molecule has 3 atom stereocenters. The molecule has 0 rings (SSSR count). The molecule has 0 aliphatic rings. The molecule has 0 saturated heterocycles. The van der Waals surface area contributed by atoms with Crippen LogP contribution in [0, 0.1) is 0 Å². The number of carbonyl (C=O) groups excluding carboxylic acids is 2. The Balaban J connectivity index is 5.07. The van der Waals surface area contributed by atoms with E-state index in [4.69, 9.17) is 13.8 Å². The number of hydrogen-bond acceptors (Lipinski definition) is 7. The fraction of sp³-hybridized carbons (Fsp3) is 0.781. The first-order chi connectivity index (χ1) is 40.4. The third-order valence-electron chi connectivity index (χ3n) is 15.3. The monoisotopic (exact) mass is 1180 g/mol. The summed E-state index contributed by atoms with van der Waals surface area (Å²) in [5.41, 5.74) is 0. The number of nitrogens with one attached hydrogen (secondary N) is 1. The Bertz CT molecular complexity index is 1700. The number of rotatable bonds is 63. The molecular weight excluding hydrogens is 1050 g/mol. The van der Waals surface area contributed by atoms with Crippen molar-refractivity contribution in [2.45, 2.75) is 328 Å². The number of likely N-dealkylation sites (N-methyl/N-ethyl adjacent to an activating group) is 1. The minimum absolute atomic E-state index is 0.0265. The zero-order valence-electron chi connectivity index (χ0n) is 55.1. The number of esters is 1. The summed E-state index contributed by atoms with van der Waals surface area (Å²) in [5, 5.41) is 3.04. The molecule has 0 aromatic heterocycles. The first kappa shape index (κ1) is 80.2. The van der Waals surface area contributed by atoms with Crippen molar-refractivity contribution in [3.8, 4) is 0 Å². The Hall–Kier alpha value is -2.81. The number of ether oxygens (including phenoxy) is 1. The minimum Gasteiger partial charge on any atom is -0.756 e. The van der Waals surface area contributed by atoms with Gasteiger partial charge in [0.05, 0.1) is 33.8 Å². The van der Waals surface area contributed by atoms with Crippen molar-refractivity contribution < 1.29 is 37.3 Å². The van der Waals surface area contributed by atoms with Gasteiger partial charge in [-0.15, -0.1) is 0 Å². The predicted molar refractivity (Wildman–Crippen MR) is 358 cm³/mol. The summed E-state index contributed by atoms with van der Waals surface area (Å²) >= 11 is 0. The normalized spacial score (nSPS) is 14.1. The predicted octanol–water partition coefficient (Wildman–Crippen LogP) is 21.5. The number of amides is 1. The van der Waals surface area contributed by atoms with Gasteiger partial charge in [0.2, 0.25) is 5.91 Å². The van der Waals surface area contributed by atoms with E-state index in [1.807, 2.05) is 33.3 Å². The van der Waals surface area contributed by atoms with Crippen LogP contribution in [0.25, 0.3) is 0 Å². The second-order valence-electron chi connectivity index (χ2n) is 24.6. The number of phosphoric ester groups is 1. The average Bonchev–Trinajstić information content (AvgIpc) is 3.51. The van der Waals surface area contributed by atoms with Gasteiger partial charge in [-0.2, -0.15) is 0 Å². The Morgan fingerprint density at radius 3 is 1.17 bits per heavy atom. The van der Waals surface area contributed by atoms with Crippen molar-refractivity contribution in [3.63, 3.8) is 0 Å². The summed E-state index contributed by atoms with van der Waals surface area (Å²) in [6, 6.07) is -0.897. The second-order valence-corrected chi connectivity index (χ2v) is 26.1. The smallest absolute Gasteiger partial charge is 0.306 e. The lowest BCUT2D eigenvalue weighted by Gasteiger charge is -2.30. The molecule has 0 radical (unpaired) electrons. The van der Waals surface area contributed by atoms with Crippen LogP contribution in [0.5, 0.6) is 0 Å². The first-order valence-electron chi connectivity index (χ1n) is 34.9. The molecule has 0 aromatic carbocycles. The van der Waals surface area contributed by atoms with Crippen LogP contribution in [-0.2, 0) is 27.9 Å². The molecule has 3 unspecified atom stereocenters. The van der Waals surface area contributed by atoms with Crippen LogP contribution >= 0.6 is 7.82 Å². The van der Waals surface area contributed by atoms with Gasteiger partial charge >= 0.3 is 5.97 Å². The second kappa shape index (κ2) is 62.2. The number of phosphoric acid groups is 1. The fourth-order valence-electron chi connectivity index (χ4n) is 9.96. The molecule has 0 spiro atoms. The van der Waals surface area contributed by atoms with Gasteiger partial charge in [0.15, 0.2) is 0 Å². The van der Waals surface area contributed by atoms with Crippen molar-refractivity contribution in [1.29, 1.82) is 0 Å². The van der Waals surface area contributed by atoms with Crippen LogP contribution in [0.1, 0.15) is 316 Å². The summed E-state index contributed by atoms with van der Waals surface area (Å²) in [6.45, 7) is 6.74. The van der Waals surface area contributed by atoms with Gasteiger partial charge in [-0.05, 0) is 102 Å². The third-order valence-corrected chi connectivity index (χ3v) is 16.3. The molecule has 83 heavy (non-hydrogen) atoms. The first-order valence-corrected chi connectivity index (χ1v) is 36.4. The molecule has 482 valence electrons. The third kappa shape index (κ3) is 63.5. The Morgan fingerprint density at radius 1 is 0.434 bits per heavy atom. The summed E-state index contributed by atoms with van der Waals surface area (Å²) < 4.78 is 30.4. The summed E-state index contributed by atoms with van der Waals surface area (Å²) in [7, 11) is 1.18. The number of allylic oxidation sites excluding steroid dienone is 13. The van der Waals surface area contributed by atoms with Crippen molar-refractivity contribution in [3.05, 3.63) is 85.1 Å². The molecule has 0 aliphatic carbocycles. The molecule has 10 heteroatoms. The van der Waals surface area contributed by atoms with Gasteiger partial charge < -0.3 is 28.5 Å². The molecule has 0 saturated carbocycles. The van der Waals surface area contributed by atoms with Crippen LogP contribution in [0.2, 0.25) is 0 Å². The maximum atomic E-state index is 13.6. The summed E-state index contributed by atoms with van der Waals surface area (Å²) in [5.74, 6) is -0.548. The molecular formula is C73H133N2O7P. The molecule has 1 amide bonds. The van der Waals surface area contributed by atoms with Gasteiger partial charge in [-0.3, -0.25) is 14.2 Å². The van der Waals surface area contributed by atoms with Crippen LogP contribution in [-0.4, -0.2) is 69.4 Å². The van der Waals surface area contributed by atoms with Crippen molar-refractivity contribution in [2.24, 2.45) is 0 Å². The van der Waals surface area contributed by atoms with E-state index >= 15 is 0 Å². The summed E-state index contributed by atoms with van der Waals surface area (Å²) in [6.07, 6.45) is 82.8. The molecule has 1 N–H and O–H groups in total. The van der Waals surface area contributed by atoms with Gasteiger partial charge in [-0.1, -0.05) is 286 Å². The number of quaternary nitrogens is 1. The molecule has 0 aliphatic heterocycles. The van der Waals surface area contributed by atoms with E-state index in [0.717, 1.165) is 103 Å². The highest BCUT2D eigenvalue weighted by Crippen LogP contribution is 2.38. The van der Waals surface area contributed by atoms with Crippen molar-refractivity contribution in [2.75, 3.05) is 40.9 Å². The van der Waals surface area contributed by atoms with Crippen LogP contribution < -0.4 is 10.2 Å². The molecule has 0 heterocycles. The van der Waals surface area contributed by atoms with Gasteiger partial charge in [-0.25, -0.2) is 0 Å². The lowest BCUT2D eigenvalue weighted by molar-refractivity contribution is -0.870. The van der Waals surface area contributed by atoms with Crippen LogP contribution in [0.3, 0.4) is 0 Å². The van der Waals surface area contributed by atoms with Gasteiger partial charge in [0, 0.05) is 12.8 Å². The van der Waals surface area contributed by atoms with E-state index in [9.17, 15) is 19.0 Å². The topological polar surface area (TPSA) is 114 Å². The van der Waals surface area contributed by atoms with Gasteiger partial charge in [0.1, 0.15) is 19.3 Å². The molecule has 9 nitrogen and oxygen atoms in total. The van der Waals surface area contributed by atoms with E-state index in [1.165, 1.54) is 180 Å². The zero-order valence-corrected chi connectivity index (χ0v) is 56.0. The number of hydrogen-bond donors (Lipinski definition) is 1. The van der Waals surface area contributed by atoms with Crippen molar-refractivity contribution >= 4 is 19.7 Å². The van der Waals surface area contributed by atoms with Crippen LogP contribution in [0.15, 0.2) is 85.1 Å². The van der Waals surface area contributed by atoms with E-state index in [1.54, 1.807) is 0 Å². The van der Waals surface area contributed by atoms with E-state index in [-0.39, 0.29) is 24.9 Å². The average molecular weight is 1180 g/mol. The highest BCUT2D eigenvalue weighted by Gasteiger charge is 2.27. The Kier molecular flexibility index (Phi) is 60.1. The molecule has 0 aromatic rings. The zero-order chi connectivity index (χ0) is 60.7. The van der Waals surface area contributed by atoms with Gasteiger partial charge in [0.25, 0.3) is 7.82 Å². The lowest BCUT2D eigenvalue weighted by atomic mass is 10.0. The summed E-state index contributed by atoms with van der Waals surface area (Å²) in [4.78, 5) is 40.1. The highest BCUT2D eigenvalue weighted by atomic mass is 31.2. The number of nitrogens with zero attached hydrogens (tertiary/aromatic N) is 1. The molecule has 0 bridgehead atoms. The maximum Gasteiger partial charge on any atom is 0.306 e. The quantitative estimate of drug-likeness (QED) is 0.0212. The van der Waals surface area contributed by atoms with E-state index < -0.39 is 26.6 Å². The number of unbranched alkanes of at least 4 members (excludes halogenated alkanes) is 35. The van der Waals surface area contributed by atoms with Crippen LogP contribution in [0.4, 0.5) is 0 Å². The fourth-order valence-corrected chi connectivity index (χ4v) is 10.7. The van der Waals surface area contributed by atoms with E-state index in [0.29, 0.717) is 17.4 Å². The standard InChI is InChI=1S/C73H133N2O7P/c1-7-10-13-16-19-22-25-27-29-31-33-35-37-39-41-43-45-47-50-53-56-59-62-65-72(76)74-70(69-81-83(78,79)80-68-67-75(4,5)6)71(64-61-58-55-52-49-24-21-18-15-12-9-3)82-73(77)66-63-60-57-54-51-48-46-44-42-40-38-36-34-32-30-28-26-23-20-17-14-11-8-2/h11,14,20,23,27-30,34,36,40,42,61,64,70-71H,7-10,12-13,15-19,21-22,24-26,31-33,35,37-39,41,43-60,62-63,65-69H2,1-6H3,(H-,74,76,78,79)/b14-11-,23-20-,29-27+,30-28-,36-34-,42-40-,64-61+. The van der Waals surface area contributed by atoms with Crippen molar-refractivity contribution in [1.82, 2.24) is 5.32 Å². The highest BCUT2D eigenvalue weighted by molar-refractivity contribution is 7.45. The molecule has 0 fully saturated rings. The number of carbonyl (C=O) groups is 2.